The van der Waals surface area contributed by atoms with E-state index in [2.05, 4.69) is 0 Å². The molecule has 0 unspecified atom stereocenters. The molecule has 20 heavy (non-hydrogen) atoms. The van der Waals surface area contributed by atoms with Crippen molar-refractivity contribution in [2.75, 3.05) is 0 Å². The molecule has 0 aliphatic rings. The van der Waals surface area contributed by atoms with Gasteiger partial charge in [-0.1, -0.05) is 25.1 Å². The third-order valence-electron chi connectivity index (χ3n) is 2.92. The zero-order valence-corrected chi connectivity index (χ0v) is 11.0. The Morgan fingerprint density at radius 3 is 2.50 bits per heavy atom. The van der Waals surface area contributed by atoms with E-state index >= 15 is 0 Å². The fraction of sp³-hybridized carbons (Fsp3) is 0.200. The van der Waals surface area contributed by atoms with Crippen LogP contribution in [0.25, 0.3) is 0 Å². The van der Waals surface area contributed by atoms with Crippen molar-refractivity contribution in [3.63, 3.8) is 0 Å². The number of nitrogens with zero attached hydrogens (tertiary/aromatic N) is 1. The van der Waals surface area contributed by atoms with E-state index in [-0.39, 0.29) is 5.69 Å². The molecule has 0 spiro atoms. The molecule has 0 saturated carbocycles. The molecule has 0 radical (unpaired) electrons. The van der Waals surface area contributed by atoms with Crippen molar-refractivity contribution < 1.29 is 14.8 Å². The summed E-state index contributed by atoms with van der Waals surface area (Å²) in [4.78, 5) is 10.2. The number of aliphatic hydroxyl groups excluding tert-OH is 1. The van der Waals surface area contributed by atoms with Crippen molar-refractivity contribution in [2.24, 2.45) is 0 Å². The summed E-state index contributed by atoms with van der Waals surface area (Å²) in [6.45, 7) is 1.90. The second kappa shape index (κ2) is 6.16. The first-order valence-electron chi connectivity index (χ1n) is 6.30. The number of hydrogen-bond acceptors (Lipinski definition) is 4. The third kappa shape index (κ3) is 3.33. The van der Waals surface area contributed by atoms with Crippen LogP contribution in [0.1, 0.15) is 25.0 Å². The number of rotatable bonds is 5. The Hall–Kier alpha value is -2.40. The lowest BCUT2D eigenvalue weighted by atomic mass is 10.1. The Labute approximate surface area is 116 Å². The Morgan fingerprint density at radius 2 is 1.90 bits per heavy atom. The van der Waals surface area contributed by atoms with Gasteiger partial charge < -0.3 is 9.84 Å². The van der Waals surface area contributed by atoms with Gasteiger partial charge in [0.15, 0.2) is 0 Å². The summed E-state index contributed by atoms with van der Waals surface area (Å²) in [5.41, 5.74) is 0.805. The highest BCUT2D eigenvalue weighted by atomic mass is 16.6. The van der Waals surface area contributed by atoms with Crippen LogP contribution in [0.4, 0.5) is 5.69 Å². The maximum absolute atomic E-state index is 10.7. The fourth-order valence-electron chi connectivity index (χ4n) is 1.79. The normalized spacial score (nSPS) is 11.9. The number of aliphatic hydroxyl groups is 1. The van der Waals surface area contributed by atoms with Crippen LogP contribution in [-0.4, -0.2) is 10.0 Å². The molecule has 0 heterocycles. The first kappa shape index (κ1) is 14.0. The van der Waals surface area contributed by atoms with E-state index in [0.29, 0.717) is 17.9 Å². The Kier molecular flexibility index (Phi) is 4.32. The largest absolute Gasteiger partial charge is 0.457 e. The van der Waals surface area contributed by atoms with E-state index < -0.39 is 11.0 Å². The molecule has 1 N–H and O–H groups in total. The van der Waals surface area contributed by atoms with Crippen molar-refractivity contribution >= 4 is 5.69 Å². The monoisotopic (exact) mass is 273 g/mol. The van der Waals surface area contributed by atoms with E-state index in [1.807, 2.05) is 6.92 Å². The van der Waals surface area contributed by atoms with E-state index in [1.165, 1.54) is 12.1 Å². The molecule has 0 saturated heterocycles. The van der Waals surface area contributed by atoms with Crippen LogP contribution >= 0.6 is 0 Å². The minimum atomic E-state index is -0.484. The van der Waals surface area contributed by atoms with Crippen LogP contribution in [0, 0.1) is 10.1 Å². The summed E-state index contributed by atoms with van der Waals surface area (Å²) >= 11 is 0. The van der Waals surface area contributed by atoms with Crippen molar-refractivity contribution in [1.82, 2.24) is 0 Å². The Balaban J connectivity index is 2.14. The lowest BCUT2D eigenvalue weighted by Gasteiger charge is -2.09. The third-order valence-corrected chi connectivity index (χ3v) is 2.92. The summed E-state index contributed by atoms with van der Waals surface area (Å²) in [6.07, 6.45) is 0.160. The van der Waals surface area contributed by atoms with Gasteiger partial charge in [-0.3, -0.25) is 10.1 Å². The summed E-state index contributed by atoms with van der Waals surface area (Å²) in [7, 11) is 0. The van der Waals surface area contributed by atoms with Gasteiger partial charge in [-0.2, -0.15) is 0 Å². The number of ether oxygens (including phenoxy) is 1. The van der Waals surface area contributed by atoms with Gasteiger partial charge in [0.05, 0.1) is 17.1 Å². The zero-order valence-electron chi connectivity index (χ0n) is 11.0. The summed E-state index contributed by atoms with van der Waals surface area (Å²) in [5, 5.41) is 20.4. The van der Waals surface area contributed by atoms with E-state index in [4.69, 9.17) is 4.74 Å². The fourth-order valence-corrected chi connectivity index (χ4v) is 1.79. The molecule has 0 aromatic heterocycles. The topological polar surface area (TPSA) is 72.6 Å². The number of hydrogen-bond donors (Lipinski definition) is 1. The van der Waals surface area contributed by atoms with Gasteiger partial charge in [-0.05, 0) is 30.2 Å². The molecule has 2 aromatic carbocycles. The highest BCUT2D eigenvalue weighted by molar-refractivity contribution is 5.41. The van der Waals surface area contributed by atoms with Gasteiger partial charge in [0.2, 0.25) is 0 Å². The lowest BCUT2D eigenvalue weighted by molar-refractivity contribution is -0.384. The van der Waals surface area contributed by atoms with Gasteiger partial charge in [-0.25, -0.2) is 0 Å². The van der Waals surface area contributed by atoms with Crippen molar-refractivity contribution in [2.45, 2.75) is 19.4 Å². The van der Waals surface area contributed by atoms with Crippen LogP contribution < -0.4 is 4.74 Å². The second-order valence-electron chi connectivity index (χ2n) is 4.35. The number of nitro groups is 1. The van der Waals surface area contributed by atoms with Crippen molar-refractivity contribution in [3.05, 3.63) is 64.2 Å². The minimum absolute atomic E-state index is 0.0134. The molecule has 5 heteroatoms. The van der Waals surface area contributed by atoms with Gasteiger partial charge in [-0.15, -0.1) is 0 Å². The number of non-ortho nitro benzene ring substituents is 1. The smallest absolute Gasteiger partial charge is 0.273 e. The second-order valence-corrected chi connectivity index (χ2v) is 4.35. The minimum Gasteiger partial charge on any atom is -0.457 e. The molecule has 0 fully saturated rings. The van der Waals surface area contributed by atoms with Crippen LogP contribution in [0.3, 0.4) is 0 Å². The van der Waals surface area contributed by atoms with Gasteiger partial charge in [0.25, 0.3) is 5.69 Å². The van der Waals surface area contributed by atoms with E-state index in [1.54, 1.807) is 36.4 Å². The number of benzene rings is 2. The van der Waals surface area contributed by atoms with Gasteiger partial charge in [0, 0.05) is 6.07 Å². The maximum atomic E-state index is 10.7. The highest BCUT2D eigenvalue weighted by Crippen LogP contribution is 2.26. The van der Waals surface area contributed by atoms with Crippen LogP contribution in [-0.2, 0) is 0 Å². The summed E-state index contributed by atoms with van der Waals surface area (Å²) in [5.74, 6) is 0.973. The van der Waals surface area contributed by atoms with Crippen molar-refractivity contribution in [1.29, 1.82) is 0 Å². The summed E-state index contributed by atoms with van der Waals surface area (Å²) in [6, 6.07) is 13.0. The van der Waals surface area contributed by atoms with Gasteiger partial charge >= 0.3 is 0 Å². The summed E-state index contributed by atoms with van der Waals surface area (Å²) < 4.78 is 5.55. The highest BCUT2D eigenvalue weighted by Gasteiger charge is 2.08. The molecule has 5 nitrogen and oxygen atoms in total. The first-order chi connectivity index (χ1) is 9.60. The maximum Gasteiger partial charge on any atom is 0.273 e. The van der Waals surface area contributed by atoms with E-state index in [0.717, 1.165) is 5.56 Å². The molecule has 0 bridgehead atoms. The molecule has 0 aliphatic carbocycles. The Bertz CT molecular complexity index is 595. The van der Waals surface area contributed by atoms with Gasteiger partial charge in [0.1, 0.15) is 11.5 Å². The molecule has 0 amide bonds. The molecular formula is C15H15NO4. The molecule has 104 valence electrons. The van der Waals surface area contributed by atoms with Crippen LogP contribution in [0.2, 0.25) is 0 Å². The predicted molar refractivity (Wildman–Crippen MR) is 74.9 cm³/mol. The van der Waals surface area contributed by atoms with Crippen molar-refractivity contribution in [3.8, 4) is 11.5 Å². The first-order valence-corrected chi connectivity index (χ1v) is 6.30. The quantitative estimate of drug-likeness (QED) is 0.663. The van der Waals surface area contributed by atoms with Crippen LogP contribution in [0.5, 0.6) is 11.5 Å². The molecule has 0 aliphatic heterocycles. The van der Waals surface area contributed by atoms with Crippen LogP contribution in [0.15, 0.2) is 48.5 Å². The molecule has 1 atom stereocenters. The average Bonchev–Trinajstić information content (AvgIpc) is 2.47. The lowest BCUT2D eigenvalue weighted by Crippen LogP contribution is -1.94. The molecular weight excluding hydrogens is 258 g/mol. The van der Waals surface area contributed by atoms with E-state index in [9.17, 15) is 15.2 Å². The average molecular weight is 273 g/mol. The zero-order chi connectivity index (χ0) is 14.5. The Morgan fingerprint density at radius 1 is 1.20 bits per heavy atom. The SMILES string of the molecule is CC[C@H](O)c1ccc(Oc2cccc([N+](=O)[O-])c2)cc1. The standard InChI is InChI=1S/C15H15NO4/c1-2-15(17)11-6-8-13(9-7-11)20-14-5-3-4-12(10-14)16(18)19/h3-10,15,17H,2H2,1H3/t15-/m0/s1. The molecule has 2 aromatic rings. The number of nitro benzene ring substituents is 1. The predicted octanol–water partition coefficient (Wildman–Crippen LogP) is 3.83. The molecule has 2 rings (SSSR count).